The van der Waals surface area contributed by atoms with Crippen LogP contribution < -0.4 is 10.6 Å². The third-order valence-electron chi connectivity index (χ3n) is 6.39. The van der Waals surface area contributed by atoms with Crippen molar-refractivity contribution in [1.29, 1.82) is 0 Å². The molecule has 0 radical (unpaired) electrons. The van der Waals surface area contributed by atoms with Gasteiger partial charge in [0.25, 0.3) is 0 Å². The zero-order valence-corrected chi connectivity index (χ0v) is 17.1. The molecule has 1 aliphatic heterocycles. The number of carbonyl (C=O) groups excluding carboxylic acids is 1. The summed E-state index contributed by atoms with van der Waals surface area (Å²) < 4.78 is 1.68. The molecule has 2 saturated carbocycles. The Hall–Kier alpha value is -2.29. The highest BCUT2D eigenvalue weighted by molar-refractivity contribution is 6.20. The Morgan fingerprint density at radius 3 is 2.97 bits per heavy atom. The number of nitrogens with one attached hydrogen (secondary N) is 2. The van der Waals surface area contributed by atoms with Crippen LogP contribution in [0.2, 0.25) is 0 Å². The lowest BCUT2D eigenvalue weighted by atomic mass is 9.74. The molecule has 5 rings (SSSR count). The molecule has 4 unspecified atom stereocenters. The first-order chi connectivity index (χ1) is 14.1. The average Bonchev–Trinajstić information content (AvgIpc) is 3.44. The van der Waals surface area contributed by atoms with E-state index in [-0.39, 0.29) is 29.3 Å². The number of rotatable bonds is 5. The number of tetrazole rings is 1. The van der Waals surface area contributed by atoms with E-state index in [1.807, 2.05) is 6.92 Å². The number of alkyl halides is 1. The Morgan fingerprint density at radius 2 is 2.14 bits per heavy atom. The van der Waals surface area contributed by atoms with Gasteiger partial charge in [-0.05, 0) is 61.8 Å². The van der Waals surface area contributed by atoms with E-state index in [1.54, 1.807) is 16.9 Å². The fraction of sp³-hybridized carbons (Fsp3) is 0.684. The molecule has 154 valence electrons. The molecule has 2 N–H and O–H groups in total. The number of nitrogens with zero attached hydrogens (tertiary/aromatic N) is 6. The summed E-state index contributed by atoms with van der Waals surface area (Å²) in [5, 5.41) is 18.7. The van der Waals surface area contributed by atoms with E-state index in [4.69, 9.17) is 11.6 Å². The number of amides is 1. The lowest BCUT2D eigenvalue weighted by Gasteiger charge is -2.42. The first-order valence-corrected chi connectivity index (χ1v) is 10.8. The van der Waals surface area contributed by atoms with Gasteiger partial charge in [-0.3, -0.25) is 4.79 Å². The van der Waals surface area contributed by atoms with Crippen LogP contribution in [0.5, 0.6) is 0 Å². The first kappa shape index (κ1) is 18.7. The largest absolute Gasteiger partial charge is 0.353 e. The van der Waals surface area contributed by atoms with Crippen LogP contribution in [-0.4, -0.2) is 53.5 Å². The lowest BCUT2D eigenvalue weighted by Crippen LogP contribution is -2.55. The summed E-state index contributed by atoms with van der Waals surface area (Å²) in [6, 6.07) is 1.96. The minimum absolute atomic E-state index is 0.0984. The van der Waals surface area contributed by atoms with Gasteiger partial charge in [0.05, 0.1) is 5.92 Å². The van der Waals surface area contributed by atoms with Gasteiger partial charge in [0.15, 0.2) is 11.6 Å². The molecule has 0 bridgehead atoms. The van der Waals surface area contributed by atoms with Crippen LogP contribution in [0.4, 0.5) is 5.95 Å². The molecule has 29 heavy (non-hydrogen) atoms. The lowest BCUT2D eigenvalue weighted by molar-refractivity contribution is -0.130. The highest BCUT2D eigenvalue weighted by Gasteiger charge is 2.41. The van der Waals surface area contributed by atoms with Crippen LogP contribution in [0.1, 0.15) is 57.2 Å². The summed E-state index contributed by atoms with van der Waals surface area (Å²) in [7, 11) is 0. The maximum absolute atomic E-state index is 12.7. The predicted molar refractivity (Wildman–Crippen MR) is 107 cm³/mol. The molecule has 9 nitrogen and oxygen atoms in total. The minimum atomic E-state index is -0.138. The van der Waals surface area contributed by atoms with Crippen LogP contribution in [0.25, 0.3) is 5.82 Å². The Morgan fingerprint density at radius 1 is 1.28 bits per heavy atom. The number of fused-ring (bicyclic) bond motifs is 1. The van der Waals surface area contributed by atoms with Gasteiger partial charge in [-0.1, -0.05) is 0 Å². The second kappa shape index (κ2) is 7.51. The van der Waals surface area contributed by atoms with Crippen LogP contribution in [0, 0.1) is 11.8 Å². The Bertz CT molecular complexity index is 900. The van der Waals surface area contributed by atoms with Gasteiger partial charge in [0, 0.05) is 35.6 Å². The van der Waals surface area contributed by atoms with Crippen LogP contribution >= 0.6 is 11.6 Å². The standard InChI is InChI=1S/C19H25ClN8O/c1-10(14-9-12-8-13(20)4-5-15(12)23-18(14)29)22-19-21-7-6-16(24-19)28-17(11-2-3-11)25-26-27-28/h6-7,10-15H,2-5,8-9H2,1H3,(H,23,29)(H,21,22,24)/t10-,12?,13?,14?,15?/m0/s1. The smallest absolute Gasteiger partial charge is 0.225 e. The number of hydrogen-bond acceptors (Lipinski definition) is 7. The number of halogens is 1. The Kier molecular flexibility index (Phi) is 4.85. The molecule has 1 amide bonds. The molecule has 3 heterocycles. The van der Waals surface area contributed by atoms with E-state index in [1.165, 1.54) is 0 Å². The number of aromatic nitrogens is 6. The quantitative estimate of drug-likeness (QED) is 0.717. The van der Waals surface area contributed by atoms with Crippen molar-refractivity contribution in [2.75, 3.05) is 5.32 Å². The molecular weight excluding hydrogens is 392 g/mol. The monoisotopic (exact) mass is 416 g/mol. The summed E-state index contributed by atoms with van der Waals surface area (Å²) in [6.07, 6.45) is 7.65. The summed E-state index contributed by atoms with van der Waals surface area (Å²) in [5.74, 6) is 2.76. The SMILES string of the molecule is C[C@H](Nc1nccc(-n2nnnc2C2CC2)n1)C1CC2CC(Cl)CCC2NC1=O. The van der Waals surface area contributed by atoms with Crippen molar-refractivity contribution in [3.8, 4) is 5.82 Å². The highest BCUT2D eigenvalue weighted by Crippen LogP contribution is 2.39. The van der Waals surface area contributed by atoms with Gasteiger partial charge in [-0.15, -0.1) is 16.7 Å². The molecule has 1 saturated heterocycles. The number of piperidine rings is 1. The molecule has 2 aromatic heterocycles. The van der Waals surface area contributed by atoms with Crippen molar-refractivity contribution >= 4 is 23.5 Å². The predicted octanol–water partition coefficient (Wildman–Crippen LogP) is 2.04. The number of anilines is 1. The zero-order valence-electron chi connectivity index (χ0n) is 16.3. The molecule has 2 aliphatic carbocycles. The van der Waals surface area contributed by atoms with Crippen molar-refractivity contribution in [1.82, 2.24) is 35.5 Å². The third kappa shape index (κ3) is 3.80. The van der Waals surface area contributed by atoms with Gasteiger partial charge < -0.3 is 10.6 Å². The Balaban J connectivity index is 1.30. The molecular formula is C19H25ClN8O. The second-order valence-electron chi connectivity index (χ2n) is 8.52. The van der Waals surface area contributed by atoms with E-state index in [2.05, 4.69) is 36.1 Å². The van der Waals surface area contributed by atoms with Crippen LogP contribution in [0.3, 0.4) is 0 Å². The Labute approximate surface area is 174 Å². The van der Waals surface area contributed by atoms with E-state index >= 15 is 0 Å². The molecule has 3 fully saturated rings. The summed E-state index contributed by atoms with van der Waals surface area (Å²) in [6.45, 7) is 2.01. The maximum atomic E-state index is 12.7. The van der Waals surface area contributed by atoms with Crippen molar-refractivity contribution in [2.45, 2.75) is 68.8 Å². The normalized spacial score (nSPS) is 30.3. The van der Waals surface area contributed by atoms with Gasteiger partial charge in [0.1, 0.15) is 0 Å². The van der Waals surface area contributed by atoms with E-state index in [0.29, 0.717) is 23.6 Å². The first-order valence-electron chi connectivity index (χ1n) is 10.4. The maximum Gasteiger partial charge on any atom is 0.225 e. The summed E-state index contributed by atoms with van der Waals surface area (Å²) in [5.41, 5.74) is 0. The van der Waals surface area contributed by atoms with E-state index in [9.17, 15) is 4.79 Å². The van der Waals surface area contributed by atoms with Crippen molar-refractivity contribution in [3.63, 3.8) is 0 Å². The van der Waals surface area contributed by atoms with E-state index < -0.39 is 0 Å². The van der Waals surface area contributed by atoms with Gasteiger partial charge in [-0.25, -0.2) is 4.98 Å². The molecule has 2 aromatic rings. The van der Waals surface area contributed by atoms with Crippen LogP contribution in [0.15, 0.2) is 12.3 Å². The van der Waals surface area contributed by atoms with Gasteiger partial charge in [0.2, 0.25) is 11.9 Å². The summed E-state index contributed by atoms with van der Waals surface area (Å²) >= 11 is 6.37. The third-order valence-corrected chi connectivity index (χ3v) is 6.79. The van der Waals surface area contributed by atoms with Gasteiger partial charge in [-0.2, -0.15) is 9.67 Å². The fourth-order valence-electron chi connectivity index (χ4n) is 4.61. The summed E-state index contributed by atoms with van der Waals surface area (Å²) in [4.78, 5) is 21.6. The van der Waals surface area contributed by atoms with Crippen molar-refractivity contribution < 1.29 is 4.79 Å². The zero-order chi connectivity index (χ0) is 20.0. The number of carbonyl (C=O) groups is 1. The number of hydrogen-bond donors (Lipinski definition) is 2. The topological polar surface area (TPSA) is 111 Å². The molecule has 0 spiro atoms. The highest BCUT2D eigenvalue weighted by atomic mass is 35.5. The van der Waals surface area contributed by atoms with Crippen molar-refractivity contribution in [2.24, 2.45) is 11.8 Å². The fourth-order valence-corrected chi connectivity index (χ4v) is 4.96. The molecule has 5 atom stereocenters. The molecule has 3 aliphatic rings. The molecule has 0 aromatic carbocycles. The average molecular weight is 417 g/mol. The molecule has 10 heteroatoms. The van der Waals surface area contributed by atoms with Crippen molar-refractivity contribution in [3.05, 3.63) is 18.1 Å². The van der Waals surface area contributed by atoms with Gasteiger partial charge >= 0.3 is 0 Å². The van der Waals surface area contributed by atoms with E-state index in [0.717, 1.165) is 44.3 Å². The minimum Gasteiger partial charge on any atom is -0.353 e. The van der Waals surface area contributed by atoms with Crippen LogP contribution in [-0.2, 0) is 4.79 Å². The second-order valence-corrected chi connectivity index (χ2v) is 9.14.